The molecule has 1 saturated carbocycles. The maximum absolute atomic E-state index is 13.4. The molecule has 22 heavy (non-hydrogen) atoms. The highest BCUT2D eigenvalue weighted by Gasteiger charge is 2.43. The van der Waals surface area contributed by atoms with Crippen LogP contribution >= 0.6 is 11.6 Å². The summed E-state index contributed by atoms with van der Waals surface area (Å²) in [5, 5.41) is 8.52. The van der Waals surface area contributed by atoms with E-state index in [4.69, 9.17) is 11.6 Å². The molecule has 0 unspecified atom stereocenters. The van der Waals surface area contributed by atoms with E-state index in [0.29, 0.717) is 12.8 Å². The van der Waals surface area contributed by atoms with Crippen LogP contribution in [0.5, 0.6) is 0 Å². The summed E-state index contributed by atoms with van der Waals surface area (Å²) >= 11 is 6.07. The van der Waals surface area contributed by atoms with E-state index in [9.17, 15) is 4.39 Å². The second-order valence-corrected chi connectivity index (χ2v) is 6.20. The van der Waals surface area contributed by atoms with Crippen molar-refractivity contribution in [2.75, 3.05) is 4.90 Å². The Kier molecular flexibility index (Phi) is 3.07. The van der Waals surface area contributed by atoms with Gasteiger partial charge in [0.05, 0.1) is 11.7 Å². The van der Waals surface area contributed by atoms with Crippen LogP contribution in [0.4, 0.5) is 10.2 Å². The number of halogens is 2. The molecule has 0 amide bonds. The summed E-state index contributed by atoms with van der Waals surface area (Å²) in [7, 11) is 0. The lowest BCUT2D eigenvalue weighted by Gasteiger charge is -2.46. The third-order valence-corrected chi connectivity index (χ3v) is 4.71. The van der Waals surface area contributed by atoms with Crippen molar-refractivity contribution in [1.82, 2.24) is 24.7 Å². The van der Waals surface area contributed by atoms with E-state index in [2.05, 4.69) is 32.0 Å². The van der Waals surface area contributed by atoms with E-state index >= 15 is 0 Å². The van der Waals surface area contributed by atoms with Crippen LogP contribution in [-0.2, 0) is 0 Å². The van der Waals surface area contributed by atoms with Crippen molar-refractivity contribution in [2.45, 2.75) is 51.4 Å². The van der Waals surface area contributed by atoms with Crippen molar-refractivity contribution in [2.24, 2.45) is 0 Å². The van der Waals surface area contributed by atoms with Crippen LogP contribution in [0.3, 0.4) is 0 Å². The van der Waals surface area contributed by atoms with Crippen molar-refractivity contribution in [3.8, 4) is 5.69 Å². The first-order chi connectivity index (χ1) is 10.6. The zero-order valence-electron chi connectivity index (χ0n) is 12.4. The predicted molar refractivity (Wildman–Crippen MR) is 80.1 cm³/mol. The number of aromatic nitrogens is 5. The fourth-order valence-electron chi connectivity index (χ4n) is 3.45. The van der Waals surface area contributed by atoms with Gasteiger partial charge in [-0.05, 0) is 37.8 Å². The molecule has 0 radical (unpaired) electrons. The van der Waals surface area contributed by atoms with Crippen molar-refractivity contribution in [1.29, 1.82) is 0 Å². The Labute approximate surface area is 132 Å². The van der Waals surface area contributed by atoms with Crippen molar-refractivity contribution in [3.63, 3.8) is 0 Å². The topological polar surface area (TPSA) is 59.7 Å². The molecule has 3 heterocycles. The highest BCUT2D eigenvalue weighted by molar-refractivity contribution is 6.28. The molecule has 2 aromatic rings. The summed E-state index contributed by atoms with van der Waals surface area (Å²) < 4.78 is 15.3. The minimum atomic E-state index is -0.732. The fourth-order valence-corrected chi connectivity index (χ4v) is 3.66. The number of aryl methyl sites for hydroxylation is 1. The Morgan fingerprint density at radius 1 is 1.36 bits per heavy atom. The third kappa shape index (κ3) is 1.84. The van der Waals surface area contributed by atoms with E-state index in [-0.39, 0.29) is 17.4 Å². The lowest BCUT2D eigenvalue weighted by atomic mass is 9.87. The Morgan fingerprint density at radius 2 is 2.14 bits per heavy atom. The molecule has 0 saturated heterocycles. The summed E-state index contributed by atoms with van der Waals surface area (Å²) in [4.78, 5) is 10.9. The number of anilines is 1. The fraction of sp³-hybridized carbons (Fsp3) is 0.571. The van der Waals surface area contributed by atoms with Crippen molar-refractivity contribution >= 4 is 17.4 Å². The highest BCUT2D eigenvalue weighted by atomic mass is 35.5. The Morgan fingerprint density at radius 3 is 2.82 bits per heavy atom. The van der Waals surface area contributed by atoms with Gasteiger partial charge in [0.25, 0.3) is 0 Å². The molecule has 1 aliphatic heterocycles. The van der Waals surface area contributed by atoms with Crippen LogP contribution in [0.15, 0.2) is 6.33 Å². The molecule has 8 heteroatoms. The van der Waals surface area contributed by atoms with Crippen LogP contribution < -0.4 is 4.90 Å². The largest absolute Gasteiger partial charge is 0.341 e. The van der Waals surface area contributed by atoms with Gasteiger partial charge in [-0.2, -0.15) is 4.98 Å². The van der Waals surface area contributed by atoms with Gasteiger partial charge >= 0.3 is 0 Å². The minimum absolute atomic E-state index is 0.0258. The lowest BCUT2D eigenvalue weighted by Crippen LogP contribution is -2.50. The highest BCUT2D eigenvalue weighted by Crippen LogP contribution is 2.44. The third-order valence-electron chi connectivity index (χ3n) is 4.54. The molecule has 0 spiro atoms. The van der Waals surface area contributed by atoms with Gasteiger partial charge in [-0.3, -0.25) is 4.57 Å². The molecular weight excluding hydrogens is 307 g/mol. The molecule has 6 nitrogen and oxygen atoms in total. The molecule has 0 aromatic carbocycles. The normalized spacial score (nSPS) is 26.4. The van der Waals surface area contributed by atoms with Gasteiger partial charge in [-0.1, -0.05) is 6.92 Å². The van der Waals surface area contributed by atoms with E-state index in [1.807, 2.05) is 11.5 Å². The van der Waals surface area contributed by atoms with Gasteiger partial charge in [0.2, 0.25) is 5.28 Å². The van der Waals surface area contributed by atoms with Gasteiger partial charge < -0.3 is 4.90 Å². The summed E-state index contributed by atoms with van der Waals surface area (Å²) in [5.41, 5.74) is 1.61. The zero-order chi connectivity index (χ0) is 15.4. The van der Waals surface area contributed by atoms with Gasteiger partial charge in [0, 0.05) is 6.04 Å². The standard InChI is InChI=1S/C14H16ClFN6/c1-3-10-12-20-17-6-21(12)11-7(2)18-14(15)19-13(11)22(10)9-4-8(16)5-9/h6,8-10H,3-5H2,1-2H3/t8?,9?,10-/m1/s1. The molecule has 2 aliphatic rings. The van der Waals surface area contributed by atoms with E-state index in [0.717, 1.165) is 29.4 Å². The number of rotatable bonds is 2. The van der Waals surface area contributed by atoms with Crippen LogP contribution in [0, 0.1) is 6.92 Å². The van der Waals surface area contributed by atoms with Crippen LogP contribution in [0.1, 0.15) is 43.7 Å². The smallest absolute Gasteiger partial charge is 0.224 e. The maximum atomic E-state index is 13.4. The number of alkyl halides is 1. The lowest BCUT2D eigenvalue weighted by molar-refractivity contribution is 0.164. The SMILES string of the molecule is CC[C@@H]1c2nncn2-c2c(C)nc(Cl)nc2N1C1CC(F)C1. The zero-order valence-corrected chi connectivity index (χ0v) is 13.1. The molecule has 1 fully saturated rings. The van der Waals surface area contributed by atoms with Crippen molar-refractivity contribution < 1.29 is 4.39 Å². The molecule has 2 aromatic heterocycles. The van der Waals surface area contributed by atoms with E-state index < -0.39 is 6.17 Å². The van der Waals surface area contributed by atoms with Gasteiger partial charge in [-0.25, -0.2) is 9.37 Å². The average Bonchev–Trinajstić information content (AvgIpc) is 2.90. The molecular formula is C14H16ClFN6. The molecule has 4 rings (SSSR count). The second-order valence-electron chi connectivity index (χ2n) is 5.86. The monoisotopic (exact) mass is 322 g/mol. The summed E-state index contributed by atoms with van der Waals surface area (Å²) in [6, 6.07) is 0.146. The number of fused-ring (bicyclic) bond motifs is 3. The van der Waals surface area contributed by atoms with Crippen LogP contribution in [0.2, 0.25) is 5.28 Å². The first kappa shape index (κ1) is 13.9. The maximum Gasteiger partial charge on any atom is 0.224 e. The molecule has 116 valence electrons. The van der Waals surface area contributed by atoms with E-state index in [1.54, 1.807) is 6.33 Å². The second kappa shape index (κ2) is 4.87. The van der Waals surface area contributed by atoms with Crippen molar-refractivity contribution in [3.05, 3.63) is 23.1 Å². The average molecular weight is 323 g/mol. The Hall–Kier alpha value is -1.76. The molecule has 0 bridgehead atoms. The van der Waals surface area contributed by atoms with E-state index in [1.165, 1.54) is 0 Å². The number of hydrogen-bond donors (Lipinski definition) is 0. The first-order valence-electron chi connectivity index (χ1n) is 7.47. The molecule has 1 atom stereocenters. The van der Waals surface area contributed by atoms with Crippen LogP contribution in [-0.4, -0.2) is 36.9 Å². The molecule has 0 N–H and O–H groups in total. The molecule has 1 aliphatic carbocycles. The van der Waals surface area contributed by atoms with Gasteiger partial charge in [-0.15, -0.1) is 10.2 Å². The van der Waals surface area contributed by atoms with Gasteiger partial charge in [0.1, 0.15) is 18.2 Å². The Balaban J connectivity index is 1.92. The Bertz CT molecular complexity index is 726. The number of hydrogen-bond acceptors (Lipinski definition) is 5. The quantitative estimate of drug-likeness (QED) is 0.796. The van der Waals surface area contributed by atoms with Crippen LogP contribution in [0.25, 0.3) is 5.69 Å². The number of nitrogens with zero attached hydrogens (tertiary/aromatic N) is 6. The minimum Gasteiger partial charge on any atom is -0.341 e. The first-order valence-corrected chi connectivity index (χ1v) is 7.84. The predicted octanol–water partition coefficient (Wildman–Crippen LogP) is 2.79. The summed E-state index contributed by atoms with van der Waals surface area (Å²) in [6.45, 7) is 3.97. The summed E-state index contributed by atoms with van der Waals surface area (Å²) in [5.74, 6) is 1.61. The van der Waals surface area contributed by atoms with Gasteiger partial charge in [0.15, 0.2) is 11.6 Å². The summed E-state index contributed by atoms with van der Waals surface area (Å²) in [6.07, 6.45) is 2.82.